The van der Waals surface area contributed by atoms with Crippen LogP contribution in [0.5, 0.6) is 5.75 Å². The molecule has 0 amide bonds. The van der Waals surface area contributed by atoms with Crippen molar-refractivity contribution >= 4 is 0 Å². The van der Waals surface area contributed by atoms with Gasteiger partial charge in [0.05, 0.1) is 6.61 Å². The molecule has 1 heterocycles. The average Bonchev–Trinajstić information content (AvgIpc) is 2.12. The van der Waals surface area contributed by atoms with Crippen molar-refractivity contribution in [1.29, 1.82) is 0 Å². The van der Waals surface area contributed by atoms with E-state index in [-0.39, 0.29) is 0 Å². The monoisotopic (exact) mass is 162 g/mol. The van der Waals surface area contributed by atoms with E-state index in [0.717, 1.165) is 18.8 Å². The molecular formula is C11H14O. The first kappa shape index (κ1) is 7.66. The molecule has 0 saturated carbocycles. The number of ether oxygens (including phenoxy) is 1. The van der Waals surface area contributed by atoms with Crippen molar-refractivity contribution in [3.05, 3.63) is 28.8 Å². The second-order valence-electron chi connectivity index (χ2n) is 3.46. The molecule has 1 aliphatic rings. The predicted octanol–water partition coefficient (Wildman–Crippen LogP) is 2.63. The van der Waals surface area contributed by atoms with Gasteiger partial charge in [-0.25, -0.2) is 0 Å². The minimum Gasteiger partial charge on any atom is -0.493 e. The molecule has 12 heavy (non-hydrogen) atoms. The Morgan fingerprint density at radius 3 is 2.67 bits per heavy atom. The van der Waals surface area contributed by atoms with E-state index >= 15 is 0 Å². The van der Waals surface area contributed by atoms with E-state index < -0.39 is 0 Å². The van der Waals surface area contributed by atoms with Gasteiger partial charge in [-0.15, -0.1) is 0 Å². The molecular weight excluding hydrogens is 148 g/mol. The zero-order valence-electron chi connectivity index (χ0n) is 7.68. The Labute approximate surface area is 73.4 Å². The van der Waals surface area contributed by atoms with E-state index in [2.05, 4.69) is 26.0 Å². The summed E-state index contributed by atoms with van der Waals surface area (Å²) in [5.41, 5.74) is 4.06. The van der Waals surface area contributed by atoms with Crippen LogP contribution in [0.15, 0.2) is 12.1 Å². The fourth-order valence-electron chi connectivity index (χ4n) is 1.78. The van der Waals surface area contributed by atoms with E-state index in [9.17, 15) is 0 Å². The molecule has 0 aromatic heterocycles. The van der Waals surface area contributed by atoms with Crippen molar-refractivity contribution in [3.63, 3.8) is 0 Å². The molecule has 1 aromatic carbocycles. The number of aryl methyl sites for hydroxylation is 2. The van der Waals surface area contributed by atoms with E-state index in [1.807, 2.05) is 0 Å². The summed E-state index contributed by atoms with van der Waals surface area (Å²) in [6.07, 6.45) is 2.35. The lowest BCUT2D eigenvalue weighted by molar-refractivity contribution is 0.286. The van der Waals surface area contributed by atoms with Crippen LogP contribution < -0.4 is 4.74 Å². The van der Waals surface area contributed by atoms with Gasteiger partial charge in [-0.1, -0.05) is 12.1 Å². The Morgan fingerprint density at radius 1 is 1.17 bits per heavy atom. The van der Waals surface area contributed by atoms with Gasteiger partial charge in [-0.3, -0.25) is 0 Å². The first-order chi connectivity index (χ1) is 5.79. The van der Waals surface area contributed by atoms with Crippen LogP contribution in [0.2, 0.25) is 0 Å². The van der Waals surface area contributed by atoms with Crippen molar-refractivity contribution in [1.82, 2.24) is 0 Å². The summed E-state index contributed by atoms with van der Waals surface area (Å²) in [6, 6.07) is 4.32. The molecule has 64 valence electrons. The third-order valence-electron chi connectivity index (χ3n) is 2.51. The van der Waals surface area contributed by atoms with Crippen LogP contribution in [0.1, 0.15) is 23.1 Å². The van der Waals surface area contributed by atoms with Gasteiger partial charge in [-0.2, -0.15) is 0 Å². The zero-order valence-corrected chi connectivity index (χ0v) is 7.68. The molecule has 0 aliphatic carbocycles. The van der Waals surface area contributed by atoms with Crippen LogP contribution in [0.4, 0.5) is 0 Å². The zero-order chi connectivity index (χ0) is 8.55. The van der Waals surface area contributed by atoms with Crippen LogP contribution in [0.3, 0.4) is 0 Å². The van der Waals surface area contributed by atoms with Crippen molar-refractivity contribution in [2.75, 3.05) is 6.61 Å². The number of benzene rings is 1. The summed E-state index contributed by atoms with van der Waals surface area (Å²) in [6.45, 7) is 5.16. The van der Waals surface area contributed by atoms with Crippen LogP contribution in [0.25, 0.3) is 0 Å². The molecule has 1 aliphatic heterocycles. The lowest BCUT2D eigenvalue weighted by atomic mass is 9.98. The highest BCUT2D eigenvalue weighted by Gasteiger charge is 2.13. The number of rotatable bonds is 0. The second kappa shape index (κ2) is 2.81. The highest BCUT2D eigenvalue weighted by molar-refractivity contribution is 5.46. The minimum atomic E-state index is 0.886. The summed E-state index contributed by atoms with van der Waals surface area (Å²) < 4.78 is 5.64. The van der Waals surface area contributed by atoms with Gasteiger partial charge >= 0.3 is 0 Å². The van der Waals surface area contributed by atoms with Gasteiger partial charge < -0.3 is 4.74 Å². The Bertz CT molecular complexity index is 271. The highest BCUT2D eigenvalue weighted by Crippen LogP contribution is 2.30. The first-order valence-electron chi connectivity index (χ1n) is 4.51. The van der Waals surface area contributed by atoms with E-state index in [0.29, 0.717) is 0 Å². The largest absolute Gasteiger partial charge is 0.493 e. The van der Waals surface area contributed by atoms with Gasteiger partial charge in [-0.05, 0) is 43.4 Å². The predicted molar refractivity (Wildman–Crippen MR) is 49.7 cm³/mol. The molecule has 0 saturated heterocycles. The van der Waals surface area contributed by atoms with Crippen LogP contribution in [-0.4, -0.2) is 6.61 Å². The normalized spacial score (nSPS) is 15.2. The highest BCUT2D eigenvalue weighted by atomic mass is 16.5. The Hall–Kier alpha value is -0.980. The van der Waals surface area contributed by atoms with Gasteiger partial charge in [0.15, 0.2) is 0 Å². The molecule has 2 rings (SSSR count). The average molecular weight is 162 g/mol. The summed E-state index contributed by atoms with van der Waals surface area (Å²) >= 11 is 0. The molecule has 0 atom stereocenters. The van der Waals surface area contributed by atoms with Gasteiger partial charge in [0.2, 0.25) is 0 Å². The third kappa shape index (κ3) is 1.09. The lowest BCUT2D eigenvalue weighted by Crippen LogP contribution is -2.10. The molecule has 0 bridgehead atoms. The second-order valence-corrected chi connectivity index (χ2v) is 3.46. The maximum atomic E-state index is 5.64. The van der Waals surface area contributed by atoms with Crippen molar-refractivity contribution < 1.29 is 4.74 Å². The molecule has 1 heteroatoms. The third-order valence-corrected chi connectivity index (χ3v) is 2.51. The van der Waals surface area contributed by atoms with Crippen molar-refractivity contribution in [2.24, 2.45) is 0 Å². The molecule has 1 aromatic rings. The Kier molecular flexibility index (Phi) is 1.80. The SMILES string of the molecule is Cc1ccc(C)c2c1CCCO2. The van der Waals surface area contributed by atoms with Crippen LogP contribution in [0, 0.1) is 13.8 Å². The first-order valence-corrected chi connectivity index (χ1v) is 4.51. The van der Waals surface area contributed by atoms with E-state index in [4.69, 9.17) is 4.74 Å². The molecule has 0 spiro atoms. The van der Waals surface area contributed by atoms with Gasteiger partial charge in [0, 0.05) is 0 Å². The standard InChI is InChI=1S/C11H14O/c1-8-5-6-9(2)11-10(8)4-3-7-12-11/h5-6H,3-4,7H2,1-2H3. The fraction of sp³-hybridized carbons (Fsp3) is 0.455. The van der Waals surface area contributed by atoms with E-state index in [1.165, 1.54) is 23.1 Å². The van der Waals surface area contributed by atoms with Gasteiger partial charge in [0.25, 0.3) is 0 Å². The summed E-state index contributed by atoms with van der Waals surface area (Å²) in [7, 11) is 0. The van der Waals surface area contributed by atoms with Crippen LogP contribution in [-0.2, 0) is 6.42 Å². The maximum absolute atomic E-state index is 5.64. The van der Waals surface area contributed by atoms with Gasteiger partial charge in [0.1, 0.15) is 5.75 Å². The quantitative estimate of drug-likeness (QED) is 0.569. The van der Waals surface area contributed by atoms with Crippen molar-refractivity contribution in [2.45, 2.75) is 26.7 Å². The molecule has 0 fully saturated rings. The number of hydrogen-bond acceptors (Lipinski definition) is 1. The Balaban J connectivity index is 2.57. The summed E-state index contributed by atoms with van der Waals surface area (Å²) in [4.78, 5) is 0. The van der Waals surface area contributed by atoms with Crippen LogP contribution >= 0.6 is 0 Å². The molecule has 0 unspecified atom stereocenters. The minimum absolute atomic E-state index is 0.886. The molecule has 0 N–H and O–H groups in total. The maximum Gasteiger partial charge on any atom is 0.125 e. The molecule has 1 nitrogen and oxygen atoms in total. The Morgan fingerprint density at radius 2 is 1.92 bits per heavy atom. The topological polar surface area (TPSA) is 9.23 Å². The lowest BCUT2D eigenvalue weighted by Gasteiger charge is -2.20. The summed E-state index contributed by atoms with van der Waals surface area (Å²) in [5, 5.41) is 0. The smallest absolute Gasteiger partial charge is 0.125 e. The number of fused-ring (bicyclic) bond motifs is 1. The fourth-order valence-corrected chi connectivity index (χ4v) is 1.78. The van der Waals surface area contributed by atoms with E-state index in [1.54, 1.807) is 0 Å². The molecule has 0 radical (unpaired) electrons. The van der Waals surface area contributed by atoms with Crippen molar-refractivity contribution in [3.8, 4) is 5.75 Å². The summed E-state index contributed by atoms with van der Waals surface area (Å²) in [5.74, 6) is 1.14. The number of hydrogen-bond donors (Lipinski definition) is 0.